The quantitative estimate of drug-likeness (QED) is 0.681. The zero-order valence-electron chi connectivity index (χ0n) is 8.97. The van der Waals surface area contributed by atoms with Gasteiger partial charge in [0.2, 0.25) is 0 Å². The van der Waals surface area contributed by atoms with E-state index in [0.717, 1.165) is 45.6 Å². The molecule has 0 aromatic carbocycles. The molecule has 0 radical (unpaired) electrons. The Morgan fingerprint density at radius 3 is 2.36 bits per heavy atom. The maximum atomic E-state index is 10.4. The lowest BCUT2D eigenvalue weighted by atomic mass is 9.84. The normalized spacial score (nSPS) is 28.9. The van der Waals surface area contributed by atoms with Gasteiger partial charge in [-0.25, -0.2) is 0 Å². The van der Waals surface area contributed by atoms with E-state index in [-0.39, 0.29) is 5.60 Å². The summed E-state index contributed by atoms with van der Waals surface area (Å²) in [6, 6.07) is 0. The lowest BCUT2D eigenvalue weighted by Gasteiger charge is -2.38. The van der Waals surface area contributed by atoms with Crippen LogP contribution in [0.1, 0.15) is 32.1 Å². The highest BCUT2D eigenvalue weighted by Gasteiger charge is 2.31. The Balaban J connectivity index is 1.81. The monoisotopic (exact) mass is 198 g/mol. The molecule has 0 amide bonds. The van der Waals surface area contributed by atoms with Crippen molar-refractivity contribution in [2.24, 2.45) is 0 Å². The SMILES string of the molecule is OC1(CN2CCNCC2)CCCCC1. The van der Waals surface area contributed by atoms with E-state index in [4.69, 9.17) is 0 Å². The topological polar surface area (TPSA) is 35.5 Å². The Morgan fingerprint density at radius 2 is 1.71 bits per heavy atom. The van der Waals surface area contributed by atoms with Gasteiger partial charge in [-0.2, -0.15) is 0 Å². The van der Waals surface area contributed by atoms with Crippen molar-refractivity contribution >= 4 is 0 Å². The third-order valence-corrected chi connectivity index (χ3v) is 3.51. The molecule has 0 spiro atoms. The van der Waals surface area contributed by atoms with Crippen LogP contribution in [-0.4, -0.2) is 48.3 Å². The summed E-state index contributed by atoms with van der Waals surface area (Å²) >= 11 is 0. The van der Waals surface area contributed by atoms with E-state index in [0.29, 0.717) is 0 Å². The summed E-state index contributed by atoms with van der Waals surface area (Å²) in [6.45, 7) is 5.26. The van der Waals surface area contributed by atoms with Gasteiger partial charge in [-0.3, -0.25) is 4.90 Å². The van der Waals surface area contributed by atoms with E-state index < -0.39 is 0 Å². The molecule has 2 aliphatic rings. The first kappa shape index (κ1) is 10.4. The molecule has 1 aliphatic heterocycles. The molecular formula is C11H22N2O. The Bertz CT molecular complexity index is 172. The molecule has 0 aromatic heterocycles. The number of hydrogen-bond acceptors (Lipinski definition) is 3. The van der Waals surface area contributed by atoms with Gasteiger partial charge in [0.25, 0.3) is 0 Å². The third kappa shape index (κ3) is 2.69. The van der Waals surface area contributed by atoms with E-state index in [1.807, 2.05) is 0 Å². The van der Waals surface area contributed by atoms with Gasteiger partial charge in [0, 0.05) is 32.7 Å². The van der Waals surface area contributed by atoms with Gasteiger partial charge in [0.15, 0.2) is 0 Å². The number of piperazine rings is 1. The second kappa shape index (κ2) is 4.60. The molecular weight excluding hydrogens is 176 g/mol. The summed E-state index contributed by atoms with van der Waals surface area (Å²) < 4.78 is 0. The molecule has 1 saturated heterocycles. The number of nitrogens with zero attached hydrogens (tertiary/aromatic N) is 1. The molecule has 2 rings (SSSR count). The second-order valence-electron chi connectivity index (χ2n) is 4.81. The minimum absolute atomic E-state index is 0.365. The first-order valence-corrected chi connectivity index (χ1v) is 5.94. The van der Waals surface area contributed by atoms with E-state index in [1.54, 1.807) is 0 Å². The van der Waals surface area contributed by atoms with Crippen LogP contribution in [0.4, 0.5) is 0 Å². The predicted molar refractivity (Wildman–Crippen MR) is 57.3 cm³/mol. The molecule has 2 fully saturated rings. The van der Waals surface area contributed by atoms with Crippen LogP contribution in [-0.2, 0) is 0 Å². The fourth-order valence-electron chi connectivity index (χ4n) is 2.65. The fraction of sp³-hybridized carbons (Fsp3) is 1.00. The van der Waals surface area contributed by atoms with E-state index in [9.17, 15) is 5.11 Å². The number of hydrogen-bond donors (Lipinski definition) is 2. The van der Waals surface area contributed by atoms with Crippen molar-refractivity contribution in [3.63, 3.8) is 0 Å². The summed E-state index contributed by atoms with van der Waals surface area (Å²) in [5, 5.41) is 13.7. The zero-order valence-corrected chi connectivity index (χ0v) is 8.97. The van der Waals surface area contributed by atoms with Crippen LogP contribution in [0.5, 0.6) is 0 Å². The summed E-state index contributed by atoms with van der Waals surface area (Å²) in [7, 11) is 0. The van der Waals surface area contributed by atoms with Crippen LogP contribution in [0.3, 0.4) is 0 Å². The Labute approximate surface area is 86.5 Å². The summed E-state index contributed by atoms with van der Waals surface area (Å²) in [6.07, 6.45) is 5.75. The van der Waals surface area contributed by atoms with Crippen molar-refractivity contribution in [1.29, 1.82) is 0 Å². The molecule has 0 bridgehead atoms. The van der Waals surface area contributed by atoms with Gasteiger partial charge in [-0.05, 0) is 12.8 Å². The average molecular weight is 198 g/mol. The molecule has 1 saturated carbocycles. The number of rotatable bonds is 2. The van der Waals surface area contributed by atoms with Crippen molar-refractivity contribution in [3.05, 3.63) is 0 Å². The molecule has 1 heterocycles. The van der Waals surface area contributed by atoms with Crippen molar-refractivity contribution in [1.82, 2.24) is 10.2 Å². The van der Waals surface area contributed by atoms with Gasteiger partial charge in [-0.1, -0.05) is 19.3 Å². The van der Waals surface area contributed by atoms with Crippen molar-refractivity contribution in [3.8, 4) is 0 Å². The molecule has 0 unspecified atom stereocenters. The third-order valence-electron chi connectivity index (χ3n) is 3.51. The largest absolute Gasteiger partial charge is 0.389 e. The lowest BCUT2D eigenvalue weighted by Crippen LogP contribution is -2.51. The highest BCUT2D eigenvalue weighted by molar-refractivity contribution is 4.86. The van der Waals surface area contributed by atoms with E-state index in [1.165, 1.54) is 19.3 Å². The molecule has 2 N–H and O–H groups in total. The van der Waals surface area contributed by atoms with Crippen LogP contribution in [0.2, 0.25) is 0 Å². The predicted octanol–water partition coefficient (Wildman–Crippen LogP) is 0.587. The van der Waals surface area contributed by atoms with Gasteiger partial charge in [0.05, 0.1) is 5.60 Å². The number of nitrogens with one attached hydrogen (secondary N) is 1. The Kier molecular flexibility index (Phi) is 3.42. The number of aliphatic hydroxyl groups is 1. The average Bonchev–Trinajstić information content (AvgIpc) is 2.19. The smallest absolute Gasteiger partial charge is 0.0774 e. The number of β-amino-alcohol motifs (C(OH)–C–C–N with tert-alkyl or cyclic N) is 1. The van der Waals surface area contributed by atoms with Crippen LogP contribution in [0.25, 0.3) is 0 Å². The van der Waals surface area contributed by atoms with Gasteiger partial charge in [0.1, 0.15) is 0 Å². The highest BCUT2D eigenvalue weighted by Crippen LogP contribution is 2.28. The molecule has 1 aliphatic carbocycles. The molecule has 0 aromatic rings. The van der Waals surface area contributed by atoms with E-state index in [2.05, 4.69) is 10.2 Å². The molecule has 82 valence electrons. The Morgan fingerprint density at radius 1 is 1.07 bits per heavy atom. The van der Waals surface area contributed by atoms with Gasteiger partial charge >= 0.3 is 0 Å². The van der Waals surface area contributed by atoms with Crippen LogP contribution < -0.4 is 5.32 Å². The fourth-order valence-corrected chi connectivity index (χ4v) is 2.65. The lowest BCUT2D eigenvalue weighted by molar-refractivity contribution is -0.0282. The van der Waals surface area contributed by atoms with E-state index >= 15 is 0 Å². The standard InChI is InChI=1S/C11H22N2O/c14-11(4-2-1-3-5-11)10-13-8-6-12-7-9-13/h12,14H,1-10H2. The summed E-state index contributed by atoms with van der Waals surface area (Å²) in [4.78, 5) is 2.40. The second-order valence-corrected chi connectivity index (χ2v) is 4.81. The molecule has 14 heavy (non-hydrogen) atoms. The van der Waals surface area contributed by atoms with Crippen LogP contribution in [0.15, 0.2) is 0 Å². The van der Waals surface area contributed by atoms with Crippen molar-refractivity contribution in [2.75, 3.05) is 32.7 Å². The highest BCUT2D eigenvalue weighted by atomic mass is 16.3. The van der Waals surface area contributed by atoms with Crippen LogP contribution >= 0.6 is 0 Å². The molecule has 3 nitrogen and oxygen atoms in total. The Hall–Kier alpha value is -0.120. The minimum atomic E-state index is -0.365. The molecule has 3 heteroatoms. The van der Waals surface area contributed by atoms with Crippen molar-refractivity contribution < 1.29 is 5.11 Å². The summed E-state index contributed by atoms with van der Waals surface area (Å²) in [5.74, 6) is 0. The van der Waals surface area contributed by atoms with Gasteiger partial charge < -0.3 is 10.4 Å². The van der Waals surface area contributed by atoms with Gasteiger partial charge in [-0.15, -0.1) is 0 Å². The maximum absolute atomic E-state index is 10.4. The minimum Gasteiger partial charge on any atom is -0.389 e. The van der Waals surface area contributed by atoms with Crippen molar-refractivity contribution in [2.45, 2.75) is 37.7 Å². The first-order valence-electron chi connectivity index (χ1n) is 5.94. The molecule has 0 atom stereocenters. The maximum Gasteiger partial charge on any atom is 0.0774 e. The first-order chi connectivity index (χ1) is 6.79. The summed E-state index contributed by atoms with van der Waals surface area (Å²) in [5.41, 5.74) is -0.365. The zero-order chi connectivity index (χ0) is 9.86. The van der Waals surface area contributed by atoms with Crippen LogP contribution in [0, 0.1) is 0 Å².